The van der Waals surface area contributed by atoms with Crippen LogP contribution < -0.4 is 5.32 Å². The first-order valence-corrected chi connectivity index (χ1v) is 12.0. The summed E-state index contributed by atoms with van der Waals surface area (Å²) in [5.41, 5.74) is 1.96. The maximum absolute atomic E-state index is 13.1. The second-order valence-corrected chi connectivity index (χ2v) is 8.63. The lowest BCUT2D eigenvalue weighted by Gasteiger charge is -2.30. The summed E-state index contributed by atoms with van der Waals surface area (Å²) >= 11 is 13.9. The Balaban J connectivity index is 2.07. The van der Waals surface area contributed by atoms with Crippen LogP contribution in [0.3, 0.4) is 0 Å². The van der Waals surface area contributed by atoms with Crippen LogP contribution in [0.15, 0.2) is 48.5 Å². The smallest absolute Gasteiger partial charge is 0.242 e. The molecule has 2 aromatic carbocycles. The molecule has 1 N–H and O–H groups in total. The van der Waals surface area contributed by atoms with Gasteiger partial charge in [0.2, 0.25) is 11.8 Å². The Kier molecular flexibility index (Phi) is 10.6. The number of carbonyl (C=O) groups excluding carboxylic acids is 2. The summed E-state index contributed by atoms with van der Waals surface area (Å²) in [6.45, 7) is 4.84. The van der Waals surface area contributed by atoms with E-state index in [1.54, 1.807) is 23.1 Å². The van der Waals surface area contributed by atoms with E-state index in [0.29, 0.717) is 41.7 Å². The van der Waals surface area contributed by atoms with Gasteiger partial charge in [0, 0.05) is 28.9 Å². The van der Waals surface area contributed by atoms with Crippen molar-refractivity contribution in [1.82, 2.24) is 10.2 Å². The van der Waals surface area contributed by atoms with E-state index in [1.807, 2.05) is 44.2 Å². The Bertz CT molecular complexity index is 813. The molecular formula is C23H28Cl2N2O2S. The molecule has 0 aliphatic heterocycles. The molecule has 30 heavy (non-hydrogen) atoms. The zero-order valence-electron chi connectivity index (χ0n) is 17.4. The third kappa shape index (κ3) is 7.22. The monoisotopic (exact) mass is 466 g/mol. The van der Waals surface area contributed by atoms with Gasteiger partial charge in [-0.25, -0.2) is 0 Å². The highest BCUT2D eigenvalue weighted by Crippen LogP contribution is 2.28. The molecular weight excluding hydrogens is 439 g/mol. The minimum absolute atomic E-state index is 0.0581. The van der Waals surface area contributed by atoms with Crippen LogP contribution in [-0.4, -0.2) is 41.6 Å². The van der Waals surface area contributed by atoms with Crippen LogP contribution >= 0.6 is 35.0 Å². The zero-order chi connectivity index (χ0) is 21.9. The van der Waals surface area contributed by atoms with E-state index in [0.717, 1.165) is 11.1 Å². The lowest BCUT2D eigenvalue weighted by atomic mass is 10.1. The standard InChI is InChI=1S/C23H28Cl2N2O2S/c1-3-21(23(29)26-4-2)27(14-13-17-9-6-5-7-10-17)22(28)16-30-15-18-19(24)11-8-12-20(18)25/h5-12,21H,3-4,13-16H2,1-2H3,(H,26,29)/t21-/m0/s1. The van der Waals surface area contributed by atoms with Crippen LogP contribution in [0.1, 0.15) is 31.4 Å². The summed E-state index contributed by atoms with van der Waals surface area (Å²) in [5.74, 6) is 0.624. The number of halogens is 2. The maximum Gasteiger partial charge on any atom is 0.242 e. The molecule has 0 bridgehead atoms. The van der Waals surface area contributed by atoms with Crippen molar-refractivity contribution in [1.29, 1.82) is 0 Å². The van der Waals surface area contributed by atoms with E-state index in [9.17, 15) is 9.59 Å². The van der Waals surface area contributed by atoms with E-state index >= 15 is 0 Å². The molecule has 0 saturated carbocycles. The zero-order valence-corrected chi connectivity index (χ0v) is 19.7. The first-order valence-electron chi connectivity index (χ1n) is 10.1. The largest absolute Gasteiger partial charge is 0.355 e. The normalized spacial score (nSPS) is 11.7. The molecule has 0 aromatic heterocycles. The van der Waals surface area contributed by atoms with Gasteiger partial charge in [0.1, 0.15) is 6.04 Å². The first-order chi connectivity index (χ1) is 14.5. The van der Waals surface area contributed by atoms with Gasteiger partial charge in [-0.3, -0.25) is 9.59 Å². The van der Waals surface area contributed by atoms with Crippen molar-refractivity contribution in [2.45, 2.75) is 38.5 Å². The molecule has 0 aliphatic carbocycles. The fourth-order valence-electron chi connectivity index (χ4n) is 3.18. The predicted octanol–water partition coefficient (Wildman–Crippen LogP) is 5.21. The van der Waals surface area contributed by atoms with Gasteiger partial charge in [-0.15, -0.1) is 11.8 Å². The number of carbonyl (C=O) groups is 2. The molecule has 0 fully saturated rings. The van der Waals surface area contributed by atoms with Gasteiger partial charge in [0.25, 0.3) is 0 Å². The number of benzene rings is 2. The van der Waals surface area contributed by atoms with Crippen molar-refractivity contribution in [3.63, 3.8) is 0 Å². The second-order valence-electron chi connectivity index (χ2n) is 6.83. The summed E-state index contributed by atoms with van der Waals surface area (Å²) in [6, 6.07) is 14.9. The van der Waals surface area contributed by atoms with Gasteiger partial charge < -0.3 is 10.2 Å². The van der Waals surface area contributed by atoms with Crippen LogP contribution in [0.2, 0.25) is 10.0 Å². The number of thioether (sulfide) groups is 1. The molecule has 0 aliphatic rings. The number of rotatable bonds is 11. The van der Waals surface area contributed by atoms with Crippen molar-refractivity contribution in [2.24, 2.45) is 0 Å². The van der Waals surface area contributed by atoms with Crippen LogP contribution in [0, 0.1) is 0 Å². The van der Waals surface area contributed by atoms with E-state index in [2.05, 4.69) is 5.32 Å². The van der Waals surface area contributed by atoms with Crippen LogP contribution in [0.25, 0.3) is 0 Å². The van der Waals surface area contributed by atoms with Crippen LogP contribution in [0.5, 0.6) is 0 Å². The molecule has 0 radical (unpaired) electrons. The fourth-order valence-corrected chi connectivity index (χ4v) is 4.83. The van der Waals surface area contributed by atoms with Gasteiger partial charge in [-0.2, -0.15) is 0 Å². The molecule has 0 spiro atoms. The van der Waals surface area contributed by atoms with Crippen molar-refractivity contribution >= 4 is 46.8 Å². The topological polar surface area (TPSA) is 49.4 Å². The number of hydrogen-bond donors (Lipinski definition) is 1. The van der Waals surface area contributed by atoms with Gasteiger partial charge in [-0.05, 0) is 43.0 Å². The summed E-state index contributed by atoms with van der Waals surface area (Å²) in [4.78, 5) is 27.4. The van der Waals surface area contributed by atoms with Gasteiger partial charge >= 0.3 is 0 Å². The van der Waals surface area contributed by atoms with Gasteiger partial charge in [-0.1, -0.05) is 66.5 Å². The Hall–Kier alpha value is -1.69. The lowest BCUT2D eigenvalue weighted by molar-refractivity contribution is -0.138. The molecule has 2 amide bonds. The predicted molar refractivity (Wildman–Crippen MR) is 127 cm³/mol. The van der Waals surface area contributed by atoms with E-state index in [4.69, 9.17) is 23.2 Å². The molecule has 0 unspecified atom stereocenters. The molecule has 2 aromatic rings. The minimum atomic E-state index is -0.481. The minimum Gasteiger partial charge on any atom is -0.355 e. The summed E-state index contributed by atoms with van der Waals surface area (Å²) in [6.07, 6.45) is 1.26. The third-order valence-electron chi connectivity index (χ3n) is 4.75. The molecule has 2 rings (SSSR count). The van der Waals surface area contributed by atoms with Crippen molar-refractivity contribution in [3.05, 3.63) is 69.7 Å². The van der Waals surface area contributed by atoms with E-state index in [-0.39, 0.29) is 17.6 Å². The number of nitrogens with one attached hydrogen (secondary N) is 1. The summed E-state index contributed by atoms with van der Waals surface area (Å²) < 4.78 is 0. The molecule has 0 heterocycles. The number of amides is 2. The van der Waals surface area contributed by atoms with Crippen molar-refractivity contribution in [3.8, 4) is 0 Å². The maximum atomic E-state index is 13.1. The molecule has 0 saturated heterocycles. The lowest BCUT2D eigenvalue weighted by Crippen LogP contribution is -2.50. The summed E-state index contributed by atoms with van der Waals surface area (Å²) in [5, 5.41) is 4.04. The van der Waals surface area contributed by atoms with E-state index in [1.165, 1.54) is 11.8 Å². The van der Waals surface area contributed by atoms with Gasteiger partial charge in [0.15, 0.2) is 0 Å². The highest BCUT2D eigenvalue weighted by Gasteiger charge is 2.27. The molecule has 4 nitrogen and oxygen atoms in total. The Morgan fingerprint density at radius 2 is 1.70 bits per heavy atom. The van der Waals surface area contributed by atoms with Gasteiger partial charge in [0.05, 0.1) is 5.75 Å². The second kappa shape index (κ2) is 12.9. The number of hydrogen-bond acceptors (Lipinski definition) is 3. The first kappa shape index (κ1) is 24.6. The van der Waals surface area contributed by atoms with Crippen molar-refractivity contribution < 1.29 is 9.59 Å². The highest BCUT2D eigenvalue weighted by atomic mass is 35.5. The number of likely N-dealkylation sites (N-methyl/N-ethyl adjacent to an activating group) is 1. The third-order valence-corrected chi connectivity index (χ3v) is 6.41. The van der Waals surface area contributed by atoms with Crippen molar-refractivity contribution in [2.75, 3.05) is 18.8 Å². The van der Waals surface area contributed by atoms with Crippen LogP contribution in [-0.2, 0) is 21.8 Å². The van der Waals surface area contributed by atoms with Crippen LogP contribution in [0.4, 0.5) is 0 Å². The molecule has 7 heteroatoms. The van der Waals surface area contributed by atoms with E-state index < -0.39 is 6.04 Å². The summed E-state index contributed by atoms with van der Waals surface area (Å²) in [7, 11) is 0. The molecule has 162 valence electrons. The fraction of sp³-hybridized carbons (Fsp3) is 0.391. The molecule has 1 atom stereocenters. The Morgan fingerprint density at radius 3 is 2.30 bits per heavy atom. The SMILES string of the molecule is CCNC(=O)[C@H](CC)N(CCc1ccccc1)C(=O)CSCc1c(Cl)cccc1Cl. The number of nitrogens with zero attached hydrogens (tertiary/aromatic N) is 1. The average Bonchev–Trinajstić information content (AvgIpc) is 2.74. The Morgan fingerprint density at radius 1 is 1.03 bits per heavy atom. The quantitative estimate of drug-likeness (QED) is 0.494. The average molecular weight is 467 g/mol. The highest BCUT2D eigenvalue weighted by molar-refractivity contribution is 7.99. The Labute approximate surface area is 193 Å².